The lowest BCUT2D eigenvalue weighted by Gasteiger charge is -2.16. The molecule has 3 aromatic carbocycles. The molecule has 0 saturated heterocycles. The standard InChI is InChI=1S/C25H28N2O5S/c1-5-20-21(7-6-8-24(20)33(29,30)19-12-9-17(2)10-13-19)26-16-25(28)27-22-15-18(31-3)11-14-23(22)32-4/h6-15,26H,5,16H2,1-4H3,(H,27,28). The Labute approximate surface area is 194 Å². The largest absolute Gasteiger partial charge is 0.497 e. The summed E-state index contributed by atoms with van der Waals surface area (Å²) in [5.41, 5.74) is 2.69. The molecule has 0 radical (unpaired) electrons. The second-order valence-corrected chi connectivity index (χ2v) is 9.34. The van der Waals surface area contributed by atoms with Crippen molar-refractivity contribution >= 4 is 27.1 Å². The van der Waals surface area contributed by atoms with E-state index in [1.54, 1.807) is 67.8 Å². The number of benzene rings is 3. The molecule has 0 saturated carbocycles. The predicted molar refractivity (Wildman–Crippen MR) is 129 cm³/mol. The Morgan fingerprint density at radius 2 is 1.67 bits per heavy atom. The van der Waals surface area contributed by atoms with Crippen LogP contribution in [0.1, 0.15) is 18.1 Å². The van der Waals surface area contributed by atoms with Crippen LogP contribution in [0.4, 0.5) is 11.4 Å². The summed E-state index contributed by atoms with van der Waals surface area (Å²) in [7, 11) is -0.638. The van der Waals surface area contributed by atoms with Crippen molar-refractivity contribution in [2.24, 2.45) is 0 Å². The van der Waals surface area contributed by atoms with Gasteiger partial charge in [0.05, 0.1) is 36.2 Å². The summed E-state index contributed by atoms with van der Waals surface area (Å²) >= 11 is 0. The van der Waals surface area contributed by atoms with Gasteiger partial charge < -0.3 is 20.1 Å². The lowest BCUT2D eigenvalue weighted by molar-refractivity contribution is -0.114. The maximum absolute atomic E-state index is 13.3. The van der Waals surface area contributed by atoms with Crippen LogP contribution >= 0.6 is 0 Å². The number of hydrogen-bond acceptors (Lipinski definition) is 6. The van der Waals surface area contributed by atoms with Gasteiger partial charge in [-0.15, -0.1) is 0 Å². The van der Waals surface area contributed by atoms with E-state index in [2.05, 4.69) is 10.6 Å². The minimum absolute atomic E-state index is 0.0542. The third-order valence-electron chi connectivity index (χ3n) is 5.23. The van der Waals surface area contributed by atoms with Gasteiger partial charge in [-0.3, -0.25) is 4.79 Å². The summed E-state index contributed by atoms with van der Waals surface area (Å²) in [5.74, 6) is 0.779. The highest BCUT2D eigenvalue weighted by molar-refractivity contribution is 7.91. The molecule has 0 aliphatic rings. The average Bonchev–Trinajstić information content (AvgIpc) is 2.82. The quantitative estimate of drug-likeness (QED) is 0.482. The fraction of sp³-hybridized carbons (Fsp3) is 0.240. The highest BCUT2D eigenvalue weighted by Crippen LogP contribution is 2.31. The number of aryl methyl sites for hydroxylation is 1. The van der Waals surface area contributed by atoms with Crippen molar-refractivity contribution in [3.05, 3.63) is 71.8 Å². The summed E-state index contributed by atoms with van der Waals surface area (Å²) in [5, 5.41) is 5.87. The van der Waals surface area contributed by atoms with Gasteiger partial charge in [-0.05, 0) is 55.3 Å². The maximum atomic E-state index is 13.3. The van der Waals surface area contributed by atoms with Gasteiger partial charge in [-0.2, -0.15) is 0 Å². The van der Waals surface area contributed by atoms with Gasteiger partial charge >= 0.3 is 0 Å². The Morgan fingerprint density at radius 1 is 0.939 bits per heavy atom. The Hall–Kier alpha value is -3.52. The number of methoxy groups -OCH3 is 2. The fourth-order valence-corrected chi connectivity index (χ4v) is 5.06. The summed E-state index contributed by atoms with van der Waals surface area (Å²) in [6.45, 7) is 3.74. The highest BCUT2D eigenvalue weighted by atomic mass is 32.2. The van der Waals surface area contributed by atoms with E-state index in [1.165, 1.54) is 7.11 Å². The fourth-order valence-electron chi connectivity index (χ4n) is 3.47. The molecule has 2 N–H and O–H groups in total. The molecule has 0 spiro atoms. The van der Waals surface area contributed by atoms with Crippen LogP contribution in [0.15, 0.2) is 70.5 Å². The van der Waals surface area contributed by atoms with Crippen molar-refractivity contribution in [2.45, 2.75) is 30.1 Å². The van der Waals surface area contributed by atoms with E-state index in [0.29, 0.717) is 34.9 Å². The smallest absolute Gasteiger partial charge is 0.243 e. The molecule has 33 heavy (non-hydrogen) atoms. The number of hydrogen-bond donors (Lipinski definition) is 2. The number of carbonyl (C=O) groups is 1. The van der Waals surface area contributed by atoms with Crippen molar-refractivity contribution in [1.29, 1.82) is 0 Å². The van der Waals surface area contributed by atoms with E-state index in [0.717, 1.165) is 5.56 Å². The molecule has 0 bridgehead atoms. The van der Waals surface area contributed by atoms with Crippen molar-refractivity contribution in [2.75, 3.05) is 31.4 Å². The van der Waals surface area contributed by atoms with Crippen LogP contribution in [0.5, 0.6) is 11.5 Å². The van der Waals surface area contributed by atoms with Crippen LogP contribution in [-0.4, -0.2) is 35.1 Å². The van der Waals surface area contributed by atoms with Crippen LogP contribution in [0, 0.1) is 6.92 Å². The first-order valence-corrected chi connectivity index (χ1v) is 12.0. The monoisotopic (exact) mass is 468 g/mol. The zero-order chi connectivity index (χ0) is 24.0. The number of sulfone groups is 1. The average molecular weight is 469 g/mol. The van der Waals surface area contributed by atoms with Gasteiger partial charge in [-0.25, -0.2) is 8.42 Å². The molecular weight excluding hydrogens is 440 g/mol. The maximum Gasteiger partial charge on any atom is 0.243 e. The molecule has 7 nitrogen and oxygen atoms in total. The number of ether oxygens (including phenoxy) is 2. The van der Waals surface area contributed by atoms with Gasteiger partial charge in [-0.1, -0.05) is 30.7 Å². The van der Waals surface area contributed by atoms with Crippen LogP contribution in [0.3, 0.4) is 0 Å². The first-order chi connectivity index (χ1) is 15.8. The van der Waals surface area contributed by atoms with Crippen LogP contribution in [0.25, 0.3) is 0 Å². The Balaban J connectivity index is 1.81. The van der Waals surface area contributed by atoms with Crippen LogP contribution in [0.2, 0.25) is 0 Å². The zero-order valence-electron chi connectivity index (χ0n) is 19.1. The molecule has 0 unspecified atom stereocenters. The minimum Gasteiger partial charge on any atom is -0.497 e. The second-order valence-electron chi connectivity index (χ2n) is 7.42. The predicted octanol–water partition coefficient (Wildman–Crippen LogP) is 4.46. The first-order valence-electron chi connectivity index (χ1n) is 10.5. The van der Waals surface area contributed by atoms with Crippen molar-refractivity contribution in [3.63, 3.8) is 0 Å². The van der Waals surface area contributed by atoms with Gasteiger partial charge in [0.15, 0.2) is 0 Å². The van der Waals surface area contributed by atoms with Gasteiger partial charge in [0.1, 0.15) is 11.5 Å². The number of amides is 1. The highest BCUT2D eigenvalue weighted by Gasteiger charge is 2.22. The van der Waals surface area contributed by atoms with E-state index in [1.807, 2.05) is 13.8 Å². The third-order valence-corrected chi connectivity index (χ3v) is 7.08. The molecule has 0 aliphatic carbocycles. The molecule has 0 atom stereocenters. The van der Waals surface area contributed by atoms with E-state index >= 15 is 0 Å². The van der Waals surface area contributed by atoms with Crippen LogP contribution in [-0.2, 0) is 21.1 Å². The normalized spacial score (nSPS) is 11.0. The Kier molecular flexibility index (Phi) is 7.60. The lowest BCUT2D eigenvalue weighted by atomic mass is 10.1. The van der Waals surface area contributed by atoms with E-state index < -0.39 is 9.84 Å². The zero-order valence-corrected chi connectivity index (χ0v) is 20.0. The molecule has 0 fully saturated rings. The minimum atomic E-state index is -3.70. The molecule has 8 heteroatoms. The van der Waals surface area contributed by atoms with E-state index in [-0.39, 0.29) is 22.2 Å². The van der Waals surface area contributed by atoms with Crippen molar-refractivity contribution in [3.8, 4) is 11.5 Å². The molecule has 3 rings (SSSR count). The Bertz CT molecular complexity index is 1240. The molecule has 0 aromatic heterocycles. The summed E-state index contributed by atoms with van der Waals surface area (Å²) in [6, 6.07) is 16.9. The molecular formula is C25H28N2O5S. The summed E-state index contributed by atoms with van der Waals surface area (Å²) < 4.78 is 37.0. The summed E-state index contributed by atoms with van der Waals surface area (Å²) in [4.78, 5) is 13.1. The van der Waals surface area contributed by atoms with Crippen LogP contribution < -0.4 is 20.1 Å². The van der Waals surface area contributed by atoms with Gasteiger partial charge in [0.2, 0.25) is 15.7 Å². The van der Waals surface area contributed by atoms with Gasteiger partial charge in [0, 0.05) is 11.8 Å². The molecule has 0 aliphatic heterocycles. The van der Waals surface area contributed by atoms with Gasteiger partial charge in [0.25, 0.3) is 0 Å². The molecule has 1 amide bonds. The number of nitrogens with one attached hydrogen (secondary N) is 2. The Morgan fingerprint density at radius 3 is 2.30 bits per heavy atom. The number of carbonyl (C=O) groups excluding carboxylic acids is 1. The van der Waals surface area contributed by atoms with Crippen molar-refractivity contribution in [1.82, 2.24) is 0 Å². The second kappa shape index (κ2) is 10.4. The topological polar surface area (TPSA) is 93.7 Å². The third kappa shape index (κ3) is 5.46. The van der Waals surface area contributed by atoms with E-state index in [9.17, 15) is 13.2 Å². The molecule has 174 valence electrons. The first kappa shape index (κ1) is 24.1. The lowest BCUT2D eigenvalue weighted by Crippen LogP contribution is -2.23. The molecule has 0 heterocycles. The molecule has 3 aromatic rings. The number of anilines is 2. The number of rotatable bonds is 9. The van der Waals surface area contributed by atoms with E-state index in [4.69, 9.17) is 9.47 Å². The van der Waals surface area contributed by atoms with Crippen molar-refractivity contribution < 1.29 is 22.7 Å². The summed E-state index contributed by atoms with van der Waals surface area (Å²) in [6.07, 6.45) is 0.481. The SMILES string of the molecule is CCc1c(NCC(=O)Nc2cc(OC)ccc2OC)cccc1S(=O)(=O)c1ccc(C)cc1.